The van der Waals surface area contributed by atoms with Crippen LogP contribution in [-0.4, -0.2) is 5.11 Å². The average Bonchev–Trinajstić information content (AvgIpc) is 2.89. The molecule has 2 rings (SSSR count). The van der Waals surface area contributed by atoms with E-state index in [9.17, 15) is 5.11 Å². The topological polar surface area (TPSA) is 32.3 Å². The summed E-state index contributed by atoms with van der Waals surface area (Å²) in [6, 6.07) is 12.2. The zero-order valence-electron chi connectivity index (χ0n) is 11.5. The molecule has 1 aromatic heterocycles. The number of nitrogens with one attached hydrogen (secondary N) is 1. The molecule has 2 aromatic rings. The van der Waals surface area contributed by atoms with Crippen LogP contribution in [0.2, 0.25) is 0 Å². The van der Waals surface area contributed by atoms with Crippen molar-refractivity contribution in [3.8, 4) is 5.75 Å². The van der Waals surface area contributed by atoms with Crippen LogP contribution in [-0.2, 0) is 13.0 Å². The highest BCUT2D eigenvalue weighted by Crippen LogP contribution is 2.22. The molecule has 0 saturated carbocycles. The fraction of sp³-hybridized carbons (Fsp3) is 0.375. The van der Waals surface area contributed by atoms with E-state index in [4.69, 9.17) is 0 Å². The predicted molar refractivity (Wildman–Crippen MR) is 81.7 cm³/mol. The molecule has 0 amide bonds. The molecule has 0 spiro atoms. The molecular formula is C16H21NOS. The van der Waals surface area contributed by atoms with Gasteiger partial charge in [0, 0.05) is 22.3 Å². The van der Waals surface area contributed by atoms with Crippen molar-refractivity contribution >= 4 is 11.3 Å². The van der Waals surface area contributed by atoms with Gasteiger partial charge in [0.15, 0.2) is 0 Å². The molecule has 2 nitrogen and oxygen atoms in total. The van der Waals surface area contributed by atoms with Crippen LogP contribution in [0.3, 0.4) is 0 Å². The second-order valence-electron chi connectivity index (χ2n) is 4.65. The molecule has 1 heterocycles. The van der Waals surface area contributed by atoms with Crippen molar-refractivity contribution < 1.29 is 5.11 Å². The molecule has 0 aliphatic rings. The first-order chi connectivity index (χ1) is 9.22. The number of aryl methyl sites for hydroxylation is 1. The van der Waals surface area contributed by atoms with Crippen molar-refractivity contribution in [1.29, 1.82) is 0 Å². The first-order valence-corrected chi connectivity index (χ1v) is 7.64. The minimum absolute atomic E-state index is 0.324. The van der Waals surface area contributed by atoms with Crippen molar-refractivity contribution in [2.24, 2.45) is 0 Å². The molecule has 0 aliphatic heterocycles. The van der Waals surface area contributed by atoms with Gasteiger partial charge in [-0.15, -0.1) is 11.3 Å². The first-order valence-electron chi connectivity index (χ1n) is 6.82. The Morgan fingerprint density at radius 1 is 1.05 bits per heavy atom. The summed E-state index contributed by atoms with van der Waals surface area (Å²) in [6.07, 6.45) is 2.15. The van der Waals surface area contributed by atoms with Crippen LogP contribution in [0.25, 0.3) is 0 Å². The zero-order valence-corrected chi connectivity index (χ0v) is 12.3. The van der Waals surface area contributed by atoms with Gasteiger partial charge in [-0.3, -0.25) is 0 Å². The van der Waals surface area contributed by atoms with E-state index in [-0.39, 0.29) is 0 Å². The third kappa shape index (κ3) is 3.82. The molecule has 19 heavy (non-hydrogen) atoms. The lowest BCUT2D eigenvalue weighted by Crippen LogP contribution is -2.19. The molecule has 2 N–H and O–H groups in total. The number of aromatic hydroxyl groups is 1. The van der Waals surface area contributed by atoms with Crippen LogP contribution in [0.1, 0.15) is 41.6 Å². The average molecular weight is 275 g/mol. The predicted octanol–water partition coefficient (Wildman–Crippen LogP) is 4.26. The molecule has 1 atom stereocenters. The van der Waals surface area contributed by atoms with E-state index in [0.717, 1.165) is 19.4 Å². The Morgan fingerprint density at radius 2 is 1.74 bits per heavy atom. The SMILES string of the molecule is CCc1ccc(CNC(CC)c2ccc(O)cc2)s1. The van der Waals surface area contributed by atoms with E-state index in [0.29, 0.717) is 11.8 Å². The van der Waals surface area contributed by atoms with Gasteiger partial charge < -0.3 is 10.4 Å². The fourth-order valence-corrected chi connectivity index (χ4v) is 3.04. The smallest absolute Gasteiger partial charge is 0.115 e. The van der Waals surface area contributed by atoms with Crippen molar-refractivity contribution in [2.45, 2.75) is 39.3 Å². The summed E-state index contributed by atoms with van der Waals surface area (Å²) < 4.78 is 0. The normalized spacial score (nSPS) is 12.5. The summed E-state index contributed by atoms with van der Waals surface area (Å²) in [5.41, 5.74) is 1.23. The highest BCUT2D eigenvalue weighted by molar-refractivity contribution is 7.11. The standard InChI is InChI=1S/C16H21NOS/c1-3-14-9-10-15(19-14)11-17-16(4-2)12-5-7-13(18)8-6-12/h5-10,16-18H,3-4,11H2,1-2H3. The molecular weight excluding hydrogens is 254 g/mol. The van der Waals surface area contributed by atoms with Crippen LogP contribution in [0.4, 0.5) is 0 Å². The third-order valence-corrected chi connectivity index (χ3v) is 4.52. The molecule has 1 unspecified atom stereocenters. The van der Waals surface area contributed by atoms with Gasteiger partial charge in [0.05, 0.1) is 0 Å². The molecule has 1 aromatic carbocycles. The van der Waals surface area contributed by atoms with E-state index in [1.807, 2.05) is 23.5 Å². The van der Waals surface area contributed by atoms with Gasteiger partial charge in [-0.25, -0.2) is 0 Å². The number of rotatable bonds is 6. The van der Waals surface area contributed by atoms with Crippen molar-refractivity contribution in [2.75, 3.05) is 0 Å². The highest BCUT2D eigenvalue weighted by atomic mass is 32.1. The van der Waals surface area contributed by atoms with Crippen LogP contribution < -0.4 is 5.32 Å². The maximum absolute atomic E-state index is 9.33. The second-order valence-corrected chi connectivity index (χ2v) is 5.91. The Labute approximate surface area is 119 Å². The lowest BCUT2D eigenvalue weighted by Gasteiger charge is -2.17. The number of phenols is 1. The Bertz CT molecular complexity index is 504. The van der Waals surface area contributed by atoms with Crippen LogP contribution in [0, 0.1) is 0 Å². The van der Waals surface area contributed by atoms with Crippen molar-refractivity contribution in [1.82, 2.24) is 5.32 Å². The van der Waals surface area contributed by atoms with Gasteiger partial charge in [0.1, 0.15) is 5.75 Å². The van der Waals surface area contributed by atoms with Gasteiger partial charge in [0.25, 0.3) is 0 Å². The molecule has 0 fully saturated rings. The molecule has 0 saturated heterocycles. The lowest BCUT2D eigenvalue weighted by atomic mass is 10.0. The van der Waals surface area contributed by atoms with E-state index < -0.39 is 0 Å². The summed E-state index contributed by atoms with van der Waals surface area (Å²) in [7, 11) is 0. The maximum atomic E-state index is 9.33. The summed E-state index contributed by atoms with van der Waals surface area (Å²) in [5.74, 6) is 0.324. The lowest BCUT2D eigenvalue weighted by molar-refractivity contribution is 0.473. The first kappa shape index (κ1) is 14.1. The second kappa shape index (κ2) is 6.73. The van der Waals surface area contributed by atoms with E-state index in [1.165, 1.54) is 15.3 Å². The minimum atomic E-state index is 0.324. The van der Waals surface area contributed by atoms with Crippen molar-refractivity contribution in [3.63, 3.8) is 0 Å². The van der Waals surface area contributed by atoms with Gasteiger partial charge in [-0.1, -0.05) is 26.0 Å². The quantitative estimate of drug-likeness (QED) is 0.825. The molecule has 0 aliphatic carbocycles. The third-order valence-electron chi connectivity index (χ3n) is 3.29. The Balaban J connectivity index is 1.97. The summed E-state index contributed by atoms with van der Waals surface area (Å²) in [6.45, 7) is 5.27. The number of phenolic OH excluding ortho intramolecular Hbond substituents is 1. The van der Waals surface area contributed by atoms with Gasteiger partial charge in [-0.05, 0) is 42.7 Å². The zero-order chi connectivity index (χ0) is 13.7. The Kier molecular flexibility index (Phi) is 5.00. The minimum Gasteiger partial charge on any atom is -0.508 e. The Morgan fingerprint density at radius 3 is 2.32 bits per heavy atom. The van der Waals surface area contributed by atoms with Crippen LogP contribution in [0.5, 0.6) is 5.75 Å². The number of benzene rings is 1. The summed E-state index contributed by atoms with van der Waals surface area (Å²) in [4.78, 5) is 2.82. The highest BCUT2D eigenvalue weighted by Gasteiger charge is 2.09. The van der Waals surface area contributed by atoms with Gasteiger partial charge >= 0.3 is 0 Å². The van der Waals surface area contributed by atoms with E-state index in [1.54, 1.807) is 12.1 Å². The molecule has 0 radical (unpaired) electrons. The largest absolute Gasteiger partial charge is 0.508 e. The van der Waals surface area contributed by atoms with Crippen LogP contribution in [0.15, 0.2) is 36.4 Å². The summed E-state index contributed by atoms with van der Waals surface area (Å²) in [5, 5.41) is 12.9. The number of hydrogen-bond acceptors (Lipinski definition) is 3. The van der Waals surface area contributed by atoms with Crippen molar-refractivity contribution in [3.05, 3.63) is 51.7 Å². The van der Waals surface area contributed by atoms with Gasteiger partial charge in [-0.2, -0.15) is 0 Å². The van der Waals surface area contributed by atoms with E-state index >= 15 is 0 Å². The number of hydrogen-bond donors (Lipinski definition) is 2. The Hall–Kier alpha value is -1.32. The molecule has 3 heteroatoms. The van der Waals surface area contributed by atoms with Gasteiger partial charge in [0.2, 0.25) is 0 Å². The summed E-state index contributed by atoms with van der Waals surface area (Å²) >= 11 is 1.88. The van der Waals surface area contributed by atoms with E-state index in [2.05, 4.69) is 31.3 Å². The molecule has 102 valence electrons. The maximum Gasteiger partial charge on any atom is 0.115 e. The monoisotopic (exact) mass is 275 g/mol. The van der Waals surface area contributed by atoms with Crippen LogP contribution >= 0.6 is 11.3 Å². The molecule has 0 bridgehead atoms. The number of thiophene rings is 1. The fourth-order valence-electron chi connectivity index (χ4n) is 2.14.